The van der Waals surface area contributed by atoms with Crippen molar-refractivity contribution < 1.29 is 4.79 Å². The summed E-state index contributed by atoms with van der Waals surface area (Å²) in [7, 11) is 0. The van der Waals surface area contributed by atoms with Gasteiger partial charge in [-0.3, -0.25) is 4.79 Å². The maximum absolute atomic E-state index is 13.5. The van der Waals surface area contributed by atoms with Crippen molar-refractivity contribution in [2.24, 2.45) is 5.41 Å². The lowest BCUT2D eigenvalue weighted by Gasteiger charge is -2.27. The van der Waals surface area contributed by atoms with Crippen molar-refractivity contribution in [2.45, 2.75) is 18.8 Å². The van der Waals surface area contributed by atoms with Crippen LogP contribution in [0.1, 0.15) is 29.9 Å². The molecular formula is C26H22N2OS. The van der Waals surface area contributed by atoms with Crippen LogP contribution < -0.4 is 5.32 Å². The van der Waals surface area contributed by atoms with Gasteiger partial charge < -0.3 is 5.32 Å². The van der Waals surface area contributed by atoms with Gasteiger partial charge in [-0.25, -0.2) is 4.98 Å². The molecule has 1 heterocycles. The highest BCUT2D eigenvalue weighted by molar-refractivity contribution is 7.14. The van der Waals surface area contributed by atoms with E-state index in [2.05, 4.69) is 34.6 Å². The number of carbonyl (C=O) groups excluding carboxylic acids is 1. The average Bonchev–Trinajstić information content (AvgIpc) is 3.47. The van der Waals surface area contributed by atoms with E-state index in [0.29, 0.717) is 5.13 Å². The summed E-state index contributed by atoms with van der Waals surface area (Å²) in [4.78, 5) is 18.1. The van der Waals surface area contributed by atoms with E-state index < -0.39 is 5.41 Å². The van der Waals surface area contributed by atoms with Gasteiger partial charge in [0.15, 0.2) is 5.13 Å². The summed E-state index contributed by atoms with van der Waals surface area (Å²) in [5.41, 5.74) is 3.88. The predicted octanol–water partition coefficient (Wildman–Crippen LogP) is 6.36. The monoisotopic (exact) mass is 410 g/mol. The van der Waals surface area contributed by atoms with Crippen LogP contribution in [0.3, 0.4) is 0 Å². The van der Waals surface area contributed by atoms with Gasteiger partial charge in [0.2, 0.25) is 5.91 Å². The molecule has 1 aliphatic rings. The zero-order valence-corrected chi connectivity index (χ0v) is 17.3. The van der Waals surface area contributed by atoms with Crippen molar-refractivity contribution >= 4 is 22.4 Å². The number of nitrogens with one attached hydrogen (secondary N) is 1. The SMILES string of the molecule is O=C(Nc1nc(-c2ccccc2)cs1)C1(C(c2ccccc2)c2ccccc2)CC1. The summed E-state index contributed by atoms with van der Waals surface area (Å²) in [6.45, 7) is 0. The number of rotatable bonds is 6. The van der Waals surface area contributed by atoms with Crippen LogP contribution in [0.4, 0.5) is 5.13 Å². The number of thiazole rings is 1. The van der Waals surface area contributed by atoms with Gasteiger partial charge in [-0.05, 0) is 24.0 Å². The third-order valence-electron chi connectivity index (χ3n) is 5.85. The number of amides is 1. The van der Waals surface area contributed by atoms with Crippen LogP contribution in [0.25, 0.3) is 11.3 Å². The zero-order chi connectivity index (χ0) is 20.4. The second kappa shape index (κ2) is 7.88. The normalized spacial score (nSPS) is 14.4. The van der Waals surface area contributed by atoms with Crippen LogP contribution in [0.2, 0.25) is 0 Å². The Morgan fingerprint density at radius 3 is 1.90 bits per heavy atom. The van der Waals surface area contributed by atoms with Crippen molar-refractivity contribution in [1.29, 1.82) is 0 Å². The minimum Gasteiger partial charge on any atom is -0.301 e. The van der Waals surface area contributed by atoms with Crippen LogP contribution in [0.5, 0.6) is 0 Å². The van der Waals surface area contributed by atoms with E-state index in [9.17, 15) is 4.79 Å². The Kier molecular flexibility index (Phi) is 4.93. The van der Waals surface area contributed by atoms with Gasteiger partial charge in [0.05, 0.1) is 11.1 Å². The Labute approximate surface area is 180 Å². The molecule has 148 valence electrons. The first kappa shape index (κ1) is 18.8. The zero-order valence-electron chi connectivity index (χ0n) is 16.5. The first-order valence-electron chi connectivity index (χ1n) is 10.2. The van der Waals surface area contributed by atoms with Crippen molar-refractivity contribution in [3.05, 3.63) is 108 Å². The molecule has 1 N–H and O–H groups in total. The van der Waals surface area contributed by atoms with Crippen LogP contribution in [0.15, 0.2) is 96.4 Å². The van der Waals surface area contributed by atoms with Crippen LogP contribution in [-0.4, -0.2) is 10.9 Å². The summed E-state index contributed by atoms with van der Waals surface area (Å²) >= 11 is 1.48. The highest BCUT2D eigenvalue weighted by Gasteiger charge is 2.56. The number of hydrogen-bond acceptors (Lipinski definition) is 3. The Balaban J connectivity index is 1.44. The molecule has 3 aromatic carbocycles. The van der Waals surface area contributed by atoms with Gasteiger partial charge in [-0.15, -0.1) is 11.3 Å². The molecule has 0 radical (unpaired) electrons. The van der Waals surface area contributed by atoms with E-state index in [1.807, 2.05) is 72.1 Å². The number of nitrogens with zero attached hydrogens (tertiary/aromatic N) is 1. The van der Waals surface area contributed by atoms with Crippen LogP contribution >= 0.6 is 11.3 Å². The van der Waals surface area contributed by atoms with Gasteiger partial charge >= 0.3 is 0 Å². The maximum atomic E-state index is 13.5. The summed E-state index contributed by atoms with van der Waals surface area (Å²) in [6.07, 6.45) is 1.76. The number of anilines is 1. The third-order valence-corrected chi connectivity index (χ3v) is 6.61. The smallest absolute Gasteiger partial charge is 0.233 e. The lowest BCUT2D eigenvalue weighted by molar-refractivity contribution is -0.121. The molecular weight excluding hydrogens is 388 g/mol. The first-order chi connectivity index (χ1) is 14.8. The molecule has 1 amide bonds. The Morgan fingerprint density at radius 2 is 1.37 bits per heavy atom. The molecule has 0 bridgehead atoms. The number of aromatic nitrogens is 1. The minimum absolute atomic E-state index is 0.0356. The molecule has 30 heavy (non-hydrogen) atoms. The van der Waals surface area contributed by atoms with Gasteiger partial charge in [0, 0.05) is 16.9 Å². The Hall–Kier alpha value is -3.24. The Morgan fingerprint density at radius 1 is 0.833 bits per heavy atom. The number of carbonyl (C=O) groups is 1. The fourth-order valence-corrected chi connectivity index (χ4v) is 4.91. The lowest BCUT2D eigenvalue weighted by Crippen LogP contribution is -2.30. The summed E-state index contributed by atoms with van der Waals surface area (Å²) in [6, 6.07) is 30.8. The number of benzene rings is 3. The second-order valence-corrected chi connectivity index (χ2v) is 8.63. The van der Waals surface area contributed by atoms with E-state index in [4.69, 9.17) is 0 Å². The lowest BCUT2D eigenvalue weighted by atomic mass is 9.77. The first-order valence-corrected chi connectivity index (χ1v) is 11.1. The quantitative estimate of drug-likeness (QED) is 0.402. The second-order valence-electron chi connectivity index (χ2n) is 7.77. The molecule has 5 rings (SSSR count). The summed E-state index contributed by atoms with van der Waals surface area (Å²) < 4.78 is 0. The fraction of sp³-hybridized carbons (Fsp3) is 0.154. The van der Waals surface area contributed by atoms with Crippen LogP contribution in [-0.2, 0) is 4.79 Å². The molecule has 1 aliphatic carbocycles. The molecule has 0 atom stereocenters. The average molecular weight is 411 g/mol. The van der Waals surface area contributed by atoms with Crippen molar-refractivity contribution in [2.75, 3.05) is 5.32 Å². The molecule has 0 aliphatic heterocycles. The third kappa shape index (κ3) is 3.55. The van der Waals surface area contributed by atoms with E-state index in [-0.39, 0.29) is 11.8 Å². The summed E-state index contributed by atoms with van der Waals surface area (Å²) in [5, 5.41) is 5.78. The molecule has 0 saturated heterocycles. The van der Waals surface area contributed by atoms with Crippen molar-refractivity contribution in [3.8, 4) is 11.3 Å². The Bertz CT molecular complexity index is 1100. The van der Waals surface area contributed by atoms with E-state index in [1.54, 1.807) is 0 Å². The number of hydrogen-bond donors (Lipinski definition) is 1. The standard InChI is InChI=1S/C26H22N2OS/c29-24(28-25-27-22(18-30-25)19-10-4-1-5-11-19)26(16-17-26)23(20-12-6-2-7-13-20)21-14-8-3-9-15-21/h1-15,18,23H,16-17H2,(H,27,28,29). The van der Waals surface area contributed by atoms with Gasteiger partial charge in [-0.1, -0.05) is 91.0 Å². The molecule has 0 unspecified atom stereocenters. The van der Waals surface area contributed by atoms with Gasteiger partial charge in [0.25, 0.3) is 0 Å². The van der Waals surface area contributed by atoms with Crippen molar-refractivity contribution in [3.63, 3.8) is 0 Å². The molecule has 4 aromatic rings. The topological polar surface area (TPSA) is 42.0 Å². The highest BCUT2D eigenvalue weighted by atomic mass is 32.1. The molecule has 3 nitrogen and oxygen atoms in total. The fourth-order valence-electron chi connectivity index (χ4n) is 4.20. The van der Waals surface area contributed by atoms with Gasteiger partial charge in [0.1, 0.15) is 0 Å². The van der Waals surface area contributed by atoms with E-state index in [1.165, 1.54) is 22.5 Å². The molecule has 0 spiro atoms. The van der Waals surface area contributed by atoms with E-state index in [0.717, 1.165) is 24.1 Å². The van der Waals surface area contributed by atoms with Crippen molar-refractivity contribution in [1.82, 2.24) is 4.98 Å². The predicted molar refractivity (Wildman–Crippen MR) is 123 cm³/mol. The van der Waals surface area contributed by atoms with E-state index >= 15 is 0 Å². The maximum Gasteiger partial charge on any atom is 0.233 e. The van der Waals surface area contributed by atoms with Crippen LogP contribution in [0, 0.1) is 5.41 Å². The molecule has 4 heteroatoms. The van der Waals surface area contributed by atoms with Gasteiger partial charge in [-0.2, -0.15) is 0 Å². The molecule has 1 saturated carbocycles. The molecule has 1 aromatic heterocycles. The largest absolute Gasteiger partial charge is 0.301 e. The molecule has 1 fully saturated rings. The highest BCUT2D eigenvalue weighted by Crippen LogP contribution is 2.59. The minimum atomic E-state index is -0.429. The summed E-state index contributed by atoms with van der Waals surface area (Å²) in [5.74, 6) is 0.0997.